The van der Waals surface area contributed by atoms with Crippen molar-refractivity contribution in [2.75, 3.05) is 9.91 Å². The molecule has 39 heavy (non-hydrogen) atoms. The molecule has 0 spiro atoms. The molecule has 4 aromatic rings. The van der Waals surface area contributed by atoms with Crippen molar-refractivity contribution >= 4 is 40.5 Å². The summed E-state index contributed by atoms with van der Waals surface area (Å²) in [5, 5.41) is 16.7. The Bertz CT molecular complexity index is 1640. The van der Waals surface area contributed by atoms with E-state index in [1.54, 1.807) is 35.3 Å². The maximum Gasteiger partial charge on any atom is 0.240 e. The first kappa shape index (κ1) is 22.6. The van der Waals surface area contributed by atoms with Crippen LogP contribution >= 0.6 is 11.6 Å². The number of hydrogen-bond acceptors (Lipinski definition) is 7. The minimum absolute atomic E-state index is 0.241. The van der Waals surface area contributed by atoms with Crippen molar-refractivity contribution in [3.63, 3.8) is 0 Å². The number of hydrogen-bond donors (Lipinski definition) is 0. The predicted octanol–water partition coefficient (Wildman–Crippen LogP) is 3.72. The maximum absolute atomic E-state index is 13.8. The van der Waals surface area contributed by atoms with Crippen LogP contribution in [0.25, 0.3) is 5.69 Å². The van der Waals surface area contributed by atoms with E-state index in [0.717, 1.165) is 11.4 Å². The number of imide groups is 1. The molecule has 10 heteroatoms. The van der Waals surface area contributed by atoms with Gasteiger partial charge < -0.3 is 4.74 Å². The second kappa shape index (κ2) is 8.33. The Balaban J connectivity index is 1.20. The molecule has 1 aromatic heterocycles. The van der Waals surface area contributed by atoms with Gasteiger partial charge in [-0.05, 0) is 48.5 Å². The molecule has 3 fully saturated rings. The summed E-state index contributed by atoms with van der Waals surface area (Å²) in [6.45, 7) is 0. The summed E-state index contributed by atoms with van der Waals surface area (Å²) in [4.78, 5) is 30.3. The van der Waals surface area contributed by atoms with Crippen molar-refractivity contribution in [2.24, 2.45) is 22.9 Å². The van der Waals surface area contributed by atoms with E-state index in [-0.39, 0.29) is 23.8 Å². The lowest BCUT2D eigenvalue weighted by Crippen LogP contribution is -2.50. The number of carbonyl (C=O) groups is 2. The third-order valence-electron chi connectivity index (χ3n) is 8.14. The molecule has 2 bridgehead atoms. The van der Waals surface area contributed by atoms with Crippen LogP contribution in [-0.2, 0) is 14.3 Å². The summed E-state index contributed by atoms with van der Waals surface area (Å²) in [6, 6.07) is 26.0. The van der Waals surface area contributed by atoms with Gasteiger partial charge in [-0.15, -0.1) is 5.10 Å². The van der Waals surface area contributed by atoms with Gasteiger partial charge in [0.25, 0.3) is 0 Å². The molecule has 4 aliphatic rings. The molecular formula is C29H21ClN6O3. The van der Waals surface area contributed by atoms with Gasteiger partial charge in [0, 0.05) is 5.02 Å². The van der Waals surface area contributed by atoms with E-state index in [4.69, 9.17) is 26.5 Å². The molecule has 0 N–H and O–H groups in total. The molecule has 4 aliphatic heterocycles. The molecule has 0 radical (unpaired) electrons. The van der Waals surface area contributed by atoms with Gasteiger partial charge in [0.2, 0.25) is 11.8 Å². The number of benzene rings is 3. The van der Waals surface area contributed by atoms with E-state index in [9.17, 15) is 9.59 Å². The number of hydrazone groups is 1. The summed E-state index contributed by atoms with van der Waals surface area (Å²) in [5.74, 6) is -1.91. The molecule has 3 saturated heterocycles. The fraction of sp³-hybridized carbons (Fsp3) is 0.207. The second-order valence-electron chi connectivity index (χ2n) is 10.1. The third-order valence-corrected chi connectivity index (χ3v) is 8.39. The molecular weight excluding hydrogens is 516 g/mol. The van der Waals surface area contributed by atoms with Crippen LogP contribution in [-0.4, -0.2) is 50.8 Å². The predicted molar refractivity (Wildman–Crippen MR) is 144 cm³/mol. The second-order valence-corrected chi connectivity index (χ2v) is 10.6. The zero-order valence-electron chi connectivity index (χ0n) is 20.4. The summed E-state index contributed by atoms with van der Waals surface area (Å²) < 4.78 is 6.48. The number of amides is 2. The Morgan fingerprint density at radius 2 is 1.36 bits per heavy atom. The van der Waals surface area contributed by atoms with Crippen LogP contribution < -0.4 is 9.91 Å². The van der Waals surface area contributed by atoms with E-state index in [1.165, 1.54) is 4.90 Å². The van der Waals surface area contributed by atoms with Gasteiger partial charge in [0.15, 0.2) is 0 Å². The number of fused-ring (bicyclic) bond motifs is 8. The van der Waals surface area contributed by atoms with Gasteiger partial charge in [-0.3, -0.25) is 14.6 Å². The summed E-state index contributed by atoms with van der Waals surface area (Å²) >= 11 is 6.06. The summed E-state index contributed by atoms with van der Waals surface area (Å²) in [5.41, 5.74) is 3.57. The molecule has 0 unspecified atom stereocenters. The van der Waals surface area contributed by atoms with E-state index >= 15 is 0 Å². The van der Waals surface area contributed by atoms with Crippen molar-refractivity contribution < 1.29 is 14.3 Å². The number of ether oxygens (including phenoxy) is 1. The van der Waals surface area contributed by atoms with Gasteiger partial charge in [-0.1, -0.05) is 48.0 Å². The summed E-state index contributed by atoms with van der Waals surface area (Å²) in [7, 11) is 0. The number of para-hydroxylation sites is 2. The van der Waals surface area contributed by atoms with Gasteiger partial charge >= 0.3 is 0 Å². The van der Waals surface area contributed by atoms with Gasteiger partial charge in [-0.2, -0.15) is 15.0 Å². The first-order valence-corrected chi connectivity index (χ1v) is 13.2. The van der Waals surface area contributed by atoms with Crippen LogP contribution in [0, 0.1) is 17.8 Å². The Labute approximate surface area is 228 Å². The van der Waals surface area contributed by atoms with Crippen LogP contribution in [0.4, 0.5) is 11.4 Å². The Hall–Kier alpha value is -4.34. The zero-order chi connectivity index (χ0) is 26.2. The standard InChI is InChI=1S/C29H21ClN6O3/c30-16-11-13-17(14-12-16)34-28(37)21-22(29(34)38)27-25-23(26(21)39-27)24(33-35(25)18-7-3-1-4-8-18)20-15-31-36(32-20)19-9-5-2-6-10-19/h1-15,21-23,25-27H/t21-,22+,23+,25-,26-,27+/m1/s1. The molecule has 0 saturated carbocycles. The fourth-order valence-electron chi connectivity index (χ4n) is 6.56. The maximum atomic E-state index is 13.8. The number of rotatable bonds is 4. The number of carbonyl (C=O) groups excluding carboxylic acids is 2. The first-order chi connectivity index (χ1) is 19.1. The lowest BCUT2D eigenvalue weighted by Gasteiger charge is -2.32. The Kier molecular flexibility index (Phi) is 4.83. The molecule has 0 aliphatic carbocycles. The topological polar surface area (TPSA) is 92.9 Å². The van der Waals surface area contributed by atoms with Crippen molar-refractivity contribution in [3.8, 4) is 5.69 Å². The highest BCUT2D eigenvalue weighted by atomic mass is 35.5. The Morgan fingerprint density at radius 3 is 2.05 bits per heavy atom. The number of anilines is 2. The lowest BCUT2D eigenvalue weighted by atomic mass is 9.70. The van der Waals surface area contributed by atoms with E-state index < -0.39 is 24.0 Å². The van der Waals surface area contributed by atoms with Gasteiger partial charge in [0.05, 0.1) is 65.0 Å². The minimum atomic E-state index is -0.593. The normalized spacial score (nSPS) is 28.7. The Morgan fingerprint density at radius 1 is 0.718 bits per heavy atom. The van der Waals surface area contributed by atoms with Crippen LogP contribution in [0.5, 0.6) is 0 Å². The van der Waals surface area contributed by atoms with Crippen molar-refractivity contribution in [3.05, 3.63) is 102 Å². The van der Waals surface area contributed by atoms with Crippen molar-refractivity contribution in [1.29, 1.82) is 0 Å². The third kappa shape index (κ3) is 3.20. The highest BCUT2D eigenvalue weighted by Crippen LogP contribution is 2.56. The lowest BCUT2D eigenvalue weighted by molar-refractivity contribution is -0.125. The average Bonchev–Trinajstić information content (AvgIpc) is 3.78. The van der Waals surface area contributed by atoms with Gasteiger partial charge in [0.1, 0.15) is 5.69 Å². The molecule has 6 atom stereocenters. The van der Waals surface area contributed by atoms with Crippen LogP contribution in [0.1, 0.15) is 5.69 Å². The molecule has 3 aromatic carbocycles. The van der Waals surface area contributed by atoms with Crippen LogP contribution in [0.2, 0.25) is 5.02 Å². The average molecular weight is 537 g/mol. The number of nitrogens with zero attached hydrogens (tertiary/aromatic N) is 6. The SMILES string of the molecule is O=C1[C@@H]2[C@@H]3O[C@@H]([C@H]4C(c5cnn(-c6ccccc6)n5)=NN(c5ccccc5)[C@@H]34)[C@@H]2C(=O)N1c1ccc(Cl)cc1. The highest BCUT2D eigenvalue weighted by molar-refractivity contribution is 6.31. The molecule has 5 heterocycles. The smallest absolute Gasteiger partial charge is 0.240 e. The highest BCUT2D eigenvalue weighted by Gasteiger charge is 2.72. The van der Waals surface area contributed by atoms with E-state index in [0.29, 0.717) is 22.1 Å². The molecule has 192 valence electrons. The van der Waals surface area contributed by atoms with Crippen LogP contribution in [0.3, 0.4) is 0 Å². The zero-order valence-corrected chi connectivity index (χ0v) is 21.2. The first-order valence-electron chi connectivity index (χ1n) is 12.8. The number of halogens is 1. The van der Waals surface area contributed by atoms with Crippen molar-refractivity contribution in [1.82, 2.24) is 15.0 Å². The monoisotopic (exact) mass is 536 g/mol. The summed E-state index contributed by atoms with van der Waals surface area (Å²) in [6.07, 6.45) is 0.695. The minimum Gasteiger partial charge on any atom is -0.370 e. The molecule has 8 rings (SSSR count). The van der Waals surface area contributed by atoms with E-state index in [2.05, 4.69) is 5.10 Å². The van der Waals surface area contributed by atoms with Gasteiger partial charge in [-0.25, -0.2) is 4.90 Å². The number of aromatic nitrogens is 3. The van der Waals surface area contributed by atoms with Crippen molar-refractivity contribution in [2.45, 2.75) is 18.2 Å². The molecule has 9 nitrogen and oxygen atoms in total. The van der Waals surface area contributed by atoms with Crippen LogP contribution in [0.15, 0.2) is 96.2 Å². The fourth-order valence-corrected chi connectivity index (χ4v) is 6.68. The quantitative estimate of drug-likeness (QED) is 0.369. The largest absolute Gasteiger partial charge is 0.370 e. The molecule has 2 amide bonds. The van der Waals surface area contributed by atoms with E-state index in [1.807, 2.05) is 65.7 Å².